The van der Waals surface area contributed by atoms with Crippen molar-refractivity contribution in [3.63, 3.8) is 0 Å². The molecule has 3 N–H and O–H groups in total. The maximum Gasteiger partial charge on any atom is 0.407 e. The minimum absolute atomic E-state index is 0.0101. The molecule has 0 radical (unpaired) electrons. The predicted octanol–water partition coefficient (Wildman–Crippen LogP) is 4.20. The summed E-state index contributed by atoms with van der Waals surface area (Å²) in [7, 11) is 1.27. The number of ether oxygens (including phenoxy) is 2. The number of carboxylic acid groups (broad SMARTS) is 1. The molecule has 0 aromatic heterocycles. The number of carboxylic acids is 1. The number of aliphatic carboxylic acids is 1. The smallest absolute Gasteiger partial charge is 0.407 e. The van der Waals surface area contributed by atoms with E-state index >= 15 is 0 Å². The SMILES string of the molecule is COC(=O)[C@H](Cc1ccc(NCCC(=O)O)cc1)NC(=O)OCC1c2ccccc2-c2ccccc21. The molecule has 0 bridgehead atoms. The summed E-state index contributed by atoms with van der Waals surface area (Å²) in [5.74, 6) is -1.53. The maximum absolute atomic E-state index is 12.7. The van der Waals surface area contributed by atoms with Crippen LogP contribution in [0, 0.1) is 0 Å². The topological polar surface area (TPSA) is 114 Å². The number of carbonyl (C=O) groups excluding carboxylic acids is 2. The summed E-state index contributed by atoms with van der Waals surface area (Å²) in [5.41, 5.74) is 6.04. The molecule has 0 aliphatic heterocycles. The van der Waals surface area contributed by atoms with E-state index in [1.807, 2.05) is 36.4 Å². The van der Waals surface area contributed by atoms with Gasteiger partial charge in [0, 0.05) is 24.6 Å². The molecule has 4 rings (SSSR count). The fourth-order valence-electron chi connectivity index (χ4n) is 4.43. The second-order valence-electron chi connectivity index (χ2n) is 8.52. The van der Waals surface area contributed by atoms with Gasteiger partial charge in [0.15, 0.2) is 0 Å². The summed E-state index contributed by atoms with van der Waals surface area (Å²) in [6.07, 6.45) is -0.470. The summed E-state index contributed by atoms with van der Waals surface area (Å²) in [5, 5.41) is 14.4. The highest BCUT2D eigenvalue weighted by Gasteiger charge is 2.30. The lowest BCUT2D eigenvalue weighted by Crippen LogP contribution is -2.43. The molecule has 1 atom stereocenters. The summed E-state index contributed by atoms with van der Waals surface area (Å²) in [6, 6.07) is 22.4. The van der Waals surface area contributed by atoms with Gasteiger partial charge in [-0.05, 0) is 39.9 Å². The fraction of sp³-hybridized carbons (Fsp3) is 0.250. The molecule has 0 saturated carbocycles. The van der Waals surface area contributed by atoms with Crippen molar-refractivity contribution in [2.75, 3.05) is 25.6 Å². The first-order valence-corrected chi connectivity index (χ1v) is 11.7. The van der Waals surface area contributed by atoms with Crippen LogP contribution in [-0.4, -0.2) is 49.4 Å². The third kappa shape index (κ3) is 5.83. The highest BCUT2D eigenvalue weighted by molar-refractivity contribution is 5.82. The molecule has 0 unspecified atom stereocenters. The normalized spacial score (nSPS) is 12.7. The Labute approximate surface area is 209 Å². The van der Waals surface area contributed by atoms with Gasteiger partial charge in [0.25, 0.3) is 0 Å². The number of hydrogen-bond donors (Lipinski definition) is 3. The number of esters is 1. The Balaban J connectivity index is 1.37. The van der Waals surface area contributed by atoms with E-state index in [0.717, 1.165) is 33.5 Å². The van der Waals surface area contributed by atoms with Gasteiger partial charge in [-0.1, -0.05) is 60.7 Å². The number of benzene rings is 3. The Kier molecular flexibility index (Phi) is 7.85. The molecule has 0 saturated heterocycles. The maximum atomic E-state index is 12.7. The Morgan fingerprint density at radius 3 is 2.11 bits per heavy atom. The van der Waals surface area contributed by atoms with Gasteiger partial charge in [-0.25, -0.2) is 9.59 Å². The molecule has 186 valence electrons. The molecule has 0 spiro atoms. The van der Waals surface area contributed by atoms with E-state index in [1.165, 1.54) is 7.11 Å². The Morgan fingerprint density at radius 2 is 1.53 bits per heavy atom. The molecular weight excluding hydrogens is 460 g/mol. The summed E-state index contributed by atoms with van der Waals surface area (Å²) in [4.78, 5) is 35.7. The van der Waals surface area contributed by atoms with Crippen LogP contribution >= 0.6 is 0 Å². The molecule has 36 heavy (non-hydrogen) atoms. The zero-order chi connectivity index (χ0) is 25.5. The average molecular weight is 489 g/mol. The number of anilines is 1. The molecule has 3 aromatic carbocycles. The van der Waals surface area contributed by atoms with Gasteiger partial charge in [0.1, 0.15) is 12.6 Å². The van der Waals surface area contributed by atoms with Gasteiger partial charge >= 0.3 is 18.0 Å². The number of hydrogen-bond acceptors (Lipinski definition) is 6. The average Bonchev–Trinajstić information content (AvgIpc) is 3.21. The molecule has 3 aromatic rings. The number of rotatable bonds is 10. The van der Waals surface area contributed by atoms with Crippen molar-refractivity contribution in [2.45, 2.75) is 24.8 Å². The van der Waals surface area contributed by atoms with Gasteiger partial charge in [-0.2, -0.15) is 0 Å². The van der Waals surface area contributed by atoms with Gasteiger partial charge < -0.3 is 25.2 Å². The van der Waals surface area contributed by atoms with Crippen molar-refractivity contribution in [1.29, 1.82) is 0 Å². The van der Waals surface area contributed by atoms with Crippen molar-refractivity contribution in [3.8, 4) is 11.1 Å². The standard InChI is InChI=1S/C28H28N2O6/c1-35-27(33)25(16-18-10-12-19(13-11-18)29-15-14-26(31)32)30-28(34)36-17-24-22-8-4-2-6-20(22)21-7-3-5-9-23(21)24/h2-13,24-25,29H,14-17H2,1H3,(H,30,34)(H,31,32)/t25-/m0/s1. The minimum Gasteiger partial charge on any atom is -0.481 e. The third-order valence-electron chi connectivity index (χ3n) is 6.18. The van der Waals surface area contributed by atoms with Gasteiger partial charge in [-0.15, -0.1) is 0 Å². The largest absolute Gasteiger partial charge is 0.481 e. The molecule has 1 aliphatic carbocycles. The van der Waals surface area contributed by atoms with Crippen LogP contribution in [0.4, 0.5) is 10.5 Å². The van der Waals surface area contributed by atoms with Crippen molar-refractivity contribution in [2.24, 2.45) is 0 Å². The molecule has 8 heteroatoms. The van der Waals surface area contributed by atoms with Crippen LogP contribution in [0.3, 0.4) is 0 Å². The zero-order valence-electron chi connectivity index (χ0n) is 19.9. The van der Waals surface area contributed by atoms with Crippen molar-refractivity contribution in [1.82, 2.24) is 5.32 Å². The van der Waals surface area contributed by atoms with E-state index in [9.17, 15) is 14.4 Å². The van der Waals surface area contributed by atoms with Crippen molar-refractivity contribution in [3.05, 3.63) is 89.5 Å². The second kappa shape index (κ2) is 11.4. The zero-order valence-corrected chi connectivity index (χ0v) is 19.9. The second-order valence-corrected chi connectivity index (χ2v) is 8.52. The van der Waals surface area contributed by atoms with E-state index in [2.05, 4.69) is 22.8 Å². The van der Waals surface area contributed by atoms with E-state index < -0.39 is 24.1 Å². The molecule has 1 amide bonds. The first-order chi connectivity index (χ1) is 17.5. The van der Waals surface area contributed by atoms with E-state index in [1.54, 1.807) is 24.3 Å². The van der Waals surface area contributed by atoms with E-state index in [-0.39, 0.29) is 25.4 Å². The number of methoxy groups -OCH3 is 1. The number of nitrogens with one attached hydrogen (secondary N) is 2. The van der Waals surface area contributed by atoms with Gasteiger partial charge in [0.2, 0.25) is 0 Å². The number of alkyl carbamates (subject to hydrolysis) is 1. The molecule has 0 fully saturated rings. The lowest BCUT2D eigenvalue weighted by Gasteiger charge is -2.19. The van der Waals surface area contributed by atoms with Crippen LogP contribution in [0.1, 0.15) is 29.0 Å². The first kappa shape index (κ1) is 24.8. The lowest BCUT2D eigenvalue weighted by atomic mass is 9.98. The van der Waals surface area contributed by atoms with Crippen LogP contribution in [0.15, 0.2) is 72.8 Å². The van der Waals surface area contributed by atoms with Crippen LogP contribution < -0.4 is 10.6 Å². The quantitative estimate of drug-likeness (QED) is 0.367. The molecular formula is C28H28N2O6. The predicted molar refractivity (Wildman–Crippen MR) is 135 cm³/mol. The highest BCUT2D eigenvalue weighted by Crippen LogP contribution is 2.44. The monoisotopic (exact) mass is 488 g/mol. The minimum atomic E-state index is -0.920. The fourth-order valence-corrected chi connectivity index (χ4v) is 4.43. The number of amides is 1. The summed E-state index contributed by atoms with van der Waals surface area (Å²) >= 11 is 0. The van der Waals surface area contributed by atoms with Crippen LogP contribution in [0.25, 0.3) is 11.1 Å². The lowest BCUT2D eigenvalue weighted by molar-refractivity contribution is -0.143. The first-order valence-electron chi connectivity index (χ1n) is 11.7. The van der Waals surface area contributed by atoms with Crippen LogP contribution in [0.5, 0.6) is 0 Å². The number of fused-ring (bicyclic) bond motifs is 3. The third-order valence-corrected chi connectivity index (χ3v) is 6.18. The van der Waals surface area contributed by atoms with Crippen LogP contribution in [0.2, 0.25) is 0 Å². The highest BCUT2D eigenvalue weighted by atomic mass is 16.6. The Hall–Kier alpha value is -4.33. The van der Waals surface area contributed by atoms with Crippen molar-refractivity contribution >= 4 is 23.7 Å². The molecule has 8 nitrogen and oxygen atoms in total. The van der Waals surface area contributed by atoms with Crippen molar-refractivity contribution < 1.29 is 29.0 Å². The Bertz CT molecular complexity index is 1200. The van der Waals surface area contributed by atoms with Gasteiger partial charge in [0.05, 0.1) is 13.5 Å². The molecule has 0 heterocycles. The van der Waals surface area contributed by atoms with E-state index in [0.29, 0.717) is 6.54 Å². The summed E-state index contributed by atoms with van der Waals surface area (Å²) in [6.45, 7) is 0.452. The van der Waals surface area contributed by atoms with Crippen LogP contribution in [-0.2, 0) is 25.5 Å². The van der Waals surface area contributed by atoms with Gasteiger partial charge in [-0.3, -0.25) is 4.79 Å². The van der Waals surface area contributed by atoms with E-state index in [4.69, 9.17) is 14.6 Å². The summed E-state index contributed by atoms with van der Waals surface area (Å²) < 4.78 is 10.4. The number of carbonyl (C=O) groups is 3. The molecule has 1 aliphatic rings. The Morgan fingerprint density at radius 1 is 0.917 bits per heavy atom.